The Morgan fingerprint density at radius 1 is 1.21 bits per heavy atom. The van der Waals surface area contributed by atoms with Gasteiger partial charge in [-0.25, -0.2) is 19.7 Å². The van der Waals surface area contributed by atoms with Gasteiger partial charge in [-0.3, -0.25) is 0 Å². The average Bonchev–Trinajstić information content (AvgIpc) is 3.35. The van der Waals surface area contributed by atoms with E-state index in [1.165, 1.54) is 0 Å². The lowest BCUT2D eigenvalue weighted by molar-refractivity contribution is 0.0390. The fourth-order valence-corrected chi connectivity index (χ4v) is 4.21. The summed E-state index contributed by atoms with van der Waals surface area (Å²) in [7, 11) is -0.301. The fraction of sp³-hybridized carbons (Fsp3) is 0.400. The summed E-state index contributed by atoms with van der Waals surface area (Å²) in [5.41, 5.74) is 3.05. The summed E-state index contributed by atoms with van der Waals surface area (Å²) in [6.45, 7) is 2.75. The van der Waals surface area contributed by atoms with Crippen molar-refractivity contribution in [1.82, 2.24) is 19.5 Å². The summed E-state index contributed by atoms with van der Waals surface area (Å²) in [6, 6.07) is 9.21. The van der Waals surface area contributed by atoms with E-state index in [1.807, 2.05) is 31.5 Å². The van der Waals surface area contributed by atoms with Crippen molar-refractivity contribution in [1.29, 1.82) is 1.28 Å². The van der Waals surface area contributed by atoms with E-state index in [4.69, 9.17) is 10.5 Å². The van der Waals surface area contributed by atoms with Gasteiger partial charge in [0.05, 0.1) is 32.1 Å². The molecule has 1 fully saturated rings. The number of hydrogen-bond donors (Lipinski definition) is 0. The van der Waals surface area contributed by atoms with Gasteiger partial charge >= 0.3 is 5.97 Å². The second-order valence-electron chi connectivity index (χ2n) is 7.20. The minimum absolute atomic E-state index is 0.157. The summed E-state index contributed by atoms with van der Waals surface area (Å²) in [4.78, 5) is 25.4. The molecule has 1 aromatic carbocycles. The number of aromatic nitrogens is 4. The molecule has 0 radical (unpaired) electrons. The van der Waals surface area contributed by atoms with Gasteiger partial charge in [0, 0.05) is 21.4 Å². The molecule has 8 heteroatoms. The van der Waals surface area contributed by atoms with E-state index < -0.39 is 0 Å². The van der Waals surface area contributed by atoms with E-state index in [1.54, 1.807) is 18.5 Å². The van der Waals surface area contributed by atoms with Crippen LogP contribution >= 0.6 is 9.41 Å². The van der Waals surface area contributed by atoms with Gasteiger partial charge in [-0.15, -0.1) is 0 Å². The second-order valence-corrected chi connectivity index (χ2v) is 7.49. The lowest BCUT2D eigenvalue weighted by atomic mass is 9.98. The number of carbonyl (C=O) groups is 1. The van der Waals surface area contributed by atoms with Gasteiger partial charge in [0.25, 0.3) is 0 Å². The molecular formula is C20H23N4O3P. The SMILES string of the molecule is [3H]POC[C@@H]1C[C@H](n2cnc3c(C)ncnc32)C[C@@H]1COC(=O)c1ccccc1. The highest BCUT2D eigenvalue weighted by Gasteiger charge is 2.36. The van der Waals surface area contributed by atoms with Crippen molar-refractivity contribution in [2.45, 2.75) is 25.8 Å². The molecule has 0 amide bonds. The first-order chi connectivity index (χ1) is 14.2. The van der Waals surface area contributed by atoms with Crippen LogP contribution in [0.5, 0.6) is 0 Å². The molecule has 7 nitrogen and oxygen atoms in total. The zero-order valence-electron chi connectivity index (χ0n) is 16.6. The maximum Gasteiger partial charge on any atom is 0.338 e. The molecule has 0 N–H and O–H groups in total. The number of nitrogens with zero attached hydrogens (tertiary/aromatic N) is 4. The average molecular weight is 400 g/mol. The number of rotatable bonds is 7. The number of esters is 1. The lowest BCUT2D eigenvalue weighted by Crippen LogP contribution is -2.20. The zero-order valence-corrected chi connectivity index (χ0v) is 16.6. The quantitative estimate of drug-likeness (QED) is 0.447. The molecule has 3 aromatic rings. The summed E-state index contributed by atoms with van der Waals surface area (Å²) in [5.74, 6) is 0.0544. The van der Waals surface area contributed by atoms with E-state index in [9.17, 15) is 4.79 Å². The molecule has 0 saturated heterocycles. The highest BCUT2D eigenvalue weighted by molar-refractivity contribution is 7.09. The van der Waals surface area contributed by atoms with Crippen molar-refractivity contribution >= 4 is 26.5 Å². The predicted molar refractivity (Wildman–Crippen MR) is 108 cm³/mol. The number of carbonyl (C=O) groups excluding carboxylic acids is 1. The summed E-state index contributed by atoms with van der Waals surface area (Å²) in [6.07, 6.45) is 5.09. The molecule has 2 aromatic heterocycles. The van der Waals surface area contributed by atoms with Crippen molar-refractivity contribution in [3.8, 4) is 0 Å². The molecular weight excluding hydrogens is 375 g/mol. The minimum atomic E-state index is -0.312. The standard InChI is InChI=1S/C20H23N4O3P/c1-13-18-19(22-11-21-13)24(12-23-18)17-7-15(16(8-17)10-27-28)9-26-20(25)14-5-3-2-4-6-14/h2-6,11-12,15-17H,7-10,28H2,1H3/t15-,16+,17-/m1/s1/i28T/t15-,16+,17-,28?. The molecule has 0 bridgehead atoms. The third-order valence-corrected chi connectivity index (χ3v) is 5.65. The number of hydrogen-bond acceptors (Lipinski definition) is 6. The molecule has 1 aliphatic rings. The highest BCUT2D eigenvalue weighted by Crippen LogP contribution is 2.41. The minimum Gasteiger partial charge on any atom is -0.462 e. The number of ether oxygens (including phenoxy) is 1. The number of aryl methyl sites for hydroxylation is 1. The van der Waals surface area contributed by atoms with Gasteiger partial charge in [-0.2, -0.15) is 0 Å². The summed E-state index contributed by atoms with van der Waals surface area (Å²) < 4.78 is 20.4. The first-order valence-corrected chi connectivity index (χ1v) is 9.73. The zero-order chi connectivity index (χ0) is 20.2. The number of benzene rings is 1. The van der Waals surface area contributed by atoms with E-state index in [0.29, 0.717) is 18.8 Å². The van der Waals surface area contributed by atoms with Crippen LogP contribution in [0, 0.1) is 18.8 Å². The van der Waals surface area contributed by atoms with Crippen LogP contribution in [0.25, 0.3) is 11.2 Å². The van der Waals surface area contributed by atoms with Crippen molar-refractivity contribution in [3.05, 3.63) is 54.2 Å². The summed E-state index contributed by atoms with van der Waals surface area (Å²) >= 11 is 0. The van der Waals surface area contributed by atoms with Gasteiger partial charge in [0.1, 0.15) is 11.8 Å². The van der Waals surface area contributed by atoms with Crippen LogP contribution in [0.3, 0.4) is 0 Å². The Bertz CT molecular complexity index is 984. The predicted octanol–water partition coefficient (Wildman–Crippen LogP) is 3.37. The topological polar surface area (TPSA) is 79.1 Å². The van der Waals surface area contributed by atoms with Crippen LogP contribution in [-0.4, -0.2) is 40.0 Å². The molecule has 146 valence electrons. The third-order valence-electron chi connectivity index (χ3n) is 5.49. The Kier molecular flexibility index (Phi) is 5.27. The lowest BCUT2D eigenvalue weighted by Gasteiger charge is -2.18. The monoisotopic (exact) mass is 400 g/mol. The Morgan fingerprint density at radius 3 is 2.79 bits per heavy atom. The molecule has 1 saturated carbocycles. The van der Waals surface area contributed by atoms with Crippen LogP contribution in [0.4, 0.5) is 0 Å². The molecule has 4 atom stereocenters. The smallest absolute Gasteiger partial charge is 0.338 e. The Labute approximate surface area is 167 Å². The van der Waals surface area contributed by atoms with E-state index in [2.05, 4.69) is 19.5 Å². The van der Waals surface area contributed by atoms with Gasteiger partial charge in [0.15, 0.2) is 5.65 Å². The van der Waals surface area contributed by atoms with E-state index in [-0.39, 0.29) is 33.3 Å². The largest absolute Gasteiger partial charge is 0.462 e. The summed E-state index contributed by atoms with van der Waals surface area (Å²) in [5, 5.41) is 0. The van der Waals surface area contributed by atoms with Crippen LogP contribution in [0.15, 0.2) is 43.0 Å². The first-order valence-electron chi connectivity index (χ1n) is 9.82. The van der Waals surface area contributed by atoms with E-state index >= 15 is 0 Å². The second kappa shape index (κ2) is 8.33. The van der Waals surface area contributed by atoms with Crippen LogP contribution in [0.2, 0.25) is 0 Å². The van der Waals surface area contributed by atoms with Crippen molar-refractivity contribution < 1.29 is 14.1 Å². The molecule has 1 unspecified atom stereocenters. The van der Waals surface area contributed by atoms with Crippen molar-refractivity contribution in [3.63, 3.8) is 0 Å². The molecule has 28 heavy (non-hydrogen) atoms. The number of fused-ring (bicyclic) bond motifs is 1. The normalized spacial score (nSPS) is 22.8. The van der Waals surface area contributed by atoms with Crippen LogP contribution in [0.1, 0.15) is 34.9 Å². The molecule has 0 aliphatic heterocycles. The highest BCUT2D eigenvalue weighted by atomic mass is 31.0. The molecule has 0 spiro atoms. The Morgan fingerprint density at radius 2 is 2.00 bits per heavy atom. The van der Waals surface area contributed by atoms with Gasteiger partial charge < -0.3 is 13.8 Å². The third kappa shape index (κ3) is 3.77. The van der Waals surface area contributed by atoms with Gasteiger partial charge in [0.2, 0.25) is 0 Å². The van der Waals surface area contributed by atoms with Crippen LogP contribution < -0.4 is 0 Å². The maximum absolute atomic E-state index is 12.3. The number of imidazole rings is 1. The Hall–Kier alpha value is -2.37. The van der Waals surface area contributed by atoms with Gasteiger partial charge in [-0.05, 0) is 37.8 Å². The molecule has 1 aliphatic carbocycles. The Balaban J connectivity index is 1.48. The molecule has 4 rings (SSSR count). The van der Waals surface area contributed by atoms with Crippen molar-refractivity contribution in [2.75, 3.05) is 13.2 Å². The first kappa shape index (κ1) is 17.7. The maximum atomic E-state index is 12.3. The van der Waals surface area contributed by atoms with E-state index in [0.717, 1.165) is 29.7 Å². The van der Waals surface area contributed by atoms with Crippen LogP contribution in [-0.2, 0) is 9.26 Å². The van der Waals surface area contributed by atoms with Gasteiger partial charge in [-0.1, -0.05) is 18.2 Å². The molecule has 2 heterocycles. The van der Waals surface area contributed by atoms with Crippen molar-refractivity contribution in [2.24, 2.45) is 11.8 Å². The fourth-order valence-electron chi connectivity index (χ4n) is 4.00.